The molecule has 1 atom stereocenters. The van der Waals surface area contributed by atoms with Gasteiger partial charge in [0.15, 0.2) is 0 Å². The topological polar surface area (TPSA) is 29.5 Å². The SMILES string of the molecule is C=CC(CC)(CSCC)O/C(O)=C/C. The number of hydrogen-bond acceptors (Lipinski definition) is 3. The van der Waals surface area contributed by atoms with E-state index in [-0.39, 0.29) is 5.95 Å². The molecular weight excluding hydrogens is 196 g/mol. The third-order valence-corrected chi connectivity index (χ3v) is 3.18. The van der Waals surface area contributed by atoms with Crippen LogP contribution in [0.3, 0.4) is 0 Å². The van der Waals surface area contributed by atoms with Gasteiger partial charge in [-0.3, -0.25) is 0 Å². The molecule has 82 valence electrons. The van der Waals surface area contributed by atoms with Gasteiger partial charge in [0.05, 0.1) is 0 Å². The molecule has 0 aromatic carbocycles. The van der Waals surface area contributed by atoms with Gasteiger partial charge in [-0.25, -0.2) is 0 Å². The molecule has 0 amide bonds. The smallest absolute Gasteiger partial charge is 0.272 e. The molecule has 0 bridgehead atoms. The quantitative estimate of drug-likeness (QED) is 0.521. The zero-order chi connectivity index (χ0) is 11.0. The number of rotatable bonds is 7. The first-order valence-corrected chi connectivity index (χ1v) is 6.05. The summed E-state index contributed by atoms with van der Waals surface area (Å²) in [6.45, 7) is 9.64. The maximum absolute atomic E-state index is 9.34. The lowest BCUT2D eigenvalue weighted by Gasteiger charge is -2.29. The van der Waals surface area contributed by atoms with Crippen LogP contribution in [0.1, 0.15) is 27.2 Å². The van der Waals surface area contributed by atoms with E-state index in [0.717, 1.165) is 17.9 Å². The molecule has 0 fully saturated rings. The minimum Gasteiger partial charge on any atom is -0.481 e. The molecule has 3 heteroatoms. The highest BCUT2D eigenvalue weighted by Gasteiger charge is 2.27. The Morgan fingerprint density at radius 2 is 2.21 bits per heavy atom. The zero-order valence-electron chi connectivity index (χ0n) is 9.25. The highest BCUT2D eigenvalue weighted by molar-refractivity contribution is 7.99. The Kier molecular flexibility index (Phi) is 6.54. The summed E-state index contributed by atoms with van der Waals surface area (Å²) < 4.78 is 5.47. The Labute approximate surface area is 91.0 Å². The van der Waals surface area contributed by atoms with E-state index in [9.17, 15) is 5.11 Å². The van der Waals surface area contributed by atoms with Crippen LogP contribution in [0, 0.1) is 0 Å². The third-order valence-electron chi connectivity index (χ3n) is 2.08. The van der Waals surface area contributed by atoms with Crippen molar-refractivity contribution in [3.05, 3.63) is 24.7 Å². The van der Waals surface area contributed by atoms with E-state index in [0.29, 0.717) is 0 Å². The Morgan fingerprint density at radius 1 is 1.57 bits per heavy atom. The molecule has 14 heavy (non-hydrogen) atoms. The van der Waals surface area contributed by atoms with Crippen LogP contribution < -0.4 is 0 Å². The van der Waals surface area contributed by atoms with Crippen LogP contribution in [0.15, 0.2) is 24.7 Å². The highest BCUT2D eigenvalue weighted by atomic mass is 32.2. The maximum atomic E-state index is 9.34. The second-order valence-electron chi connectivity index (χ2n) is 2.99. The monoisotopic (exact) mass is 216 g/mol. The lowest BCUT2D eigenvalue weighted by Crippen LogP contribution is -2.32. The van der Waals surface area contributed by atoms with Crippen molar-refractivity contribution in [1.29, 1.82) is 0 Å². The van der Waals surface area contributed by atoms with Crippen molar-refractivity contribution in [2.24, 2.45) is 0 Å². The van der Waals surface area contributed by atoms with Gasteiger partial charge in [0, 0.05) is 5.75 Å². The fraction of sp³-hybridized carbons (Fsp3) is 0.636. The molecule has 0 aromatic heterocycles. The molecule has 0 aliphatic carbocycles. The van der Waals surface area contributed by atoms with Crippen LogP contribution >= 0.6 is 11.8 Å². The van der Waals surface area contributed by atoms with Crippen LogP contribution in [0.5, 0.6) is 0 Å². The van der Waals surface area contributed by atoms with E-state index < -0.39 is 5.60 Å². The maximum Gasteiger partial charge on any atom is 0.272 e. The molecule has 0 saturated heterocycles. The summed E-state index contributed by atoms with van der Waals surface area (Å²) in [5, 5.41) is 9.34. The number of aliphatic hydroxyl groups excluding tert-OH is 1. The van der Waals surface area contributed by atoms with Crippen LogP contribution in [0.4, 0.5) is 0 Å². The Hall–Kier alpha value is -0.570. The lowest BCUT2D eigenvalue weighted by molar-refractivity contribution is -0.00660. The van der Waals surface area contributed by atoms with Crippen LogP contribution in [-0.2, 0) is 4.74 Å². The summed E-state index contributed by atoms with van der Waals surface area (Å²) in [4.78, 5) is 0. The number of thioether (sulfide) groups is 1. The molecule has 0 aliphatic rings. The average molecular weight is 216 g/mol. The van der Waals surface area contributed by atoms with Gasteiger partial charge in [-0.2, -0.15) is 11.8 Å². The predicted octanol–water partition coefficient (Wildman–Crippen LogP) is 3.51. The summed E-state index contributed by atoms with van der Waals surface area (Å²) in [6, 6.07) is 0. The van der Waals surface area contributed by atoms with Crippen LogP contribution in [0.25, 0.3) is 0 Å². The molecule has 1 unspecified atom stereocenters. The van der Waals surface area contributed by atoms with Gasteiger partial charge >= 0.3 is 0 Å². The minimum atomic E-state index is -0.433. The summed E-state index contributed by atoms with van der Waals surface area (Å²) in [5.41, 5.74) is -0.433. The number of hydrogen-bond donors (Lipinski definition) is 1. The summed E-state index contributed by atoms with van der Waals surface area (Å²) in [7, 11) is 0. The Balaban J connectivity index is 4.44. The molecule has 0 aliphatic heterocycles. The van der Waals surface area contributed by atoms with Crippen molar-refractivity contribution in [1.82, 2.24) is 0 Å². The number of aliphatic hydroxyl groups is 1. The number of allylic oxidation sites excluding steroid dienone is 1. The van der Waals surface area contributed by atoms with E-state index in [1.54, 1.807) is 30.8 Å². The molecule has 0 heterocycles. The highest BCUT2D eigenvalue weighted by Crippen LogP contribution is 2.25. The Bertz CT molecular complexity index is 201. The fourth-order valence-corrected chi connectivity index (χ4v) is 1.92. The lowest BCUT2D eigenvalue weighted by atomic mass is 10.0. The van der Waals surface area contributed by atoms with Crippen LogP contribution in [-0.4, -0.2) is 22.2 Å². The van der Waals surface area contributed by atoms with Gasteiger partial charge in [0.2, 0.25) is 0 Å². The average Bonchev–Trinajstić information content (AvgIpc) is 2.24. The van der Waals surface area contributed by atoms with Gasteiger partial charge in [0.25, 0.3) is 5.95 Å². The molecule has 0 rings (SSSR count). The second kappa shape index (κ2) is 6.82. The minimum absolute atomic E-state index is 0.0246. The van der Waals surface area contributed by atoms with Crippen molar-refractivity contribution in [3.8, 4) is 0 Å². The fourth-order valence-electron chi connectivity index (χ4n) is 0.991. The van der Waals surface area contributed by atoms with Crippen molar-refractivity contribution in [3.63, 3.8) is 0 Å². The van der Waals surface area contributed by atoms with Gasteiger partial charge in [0.1, 0.15) is 5.60 Å². The summed E-state index contributed by atoms with van der Waals surface area (Å²) >= 11 is 1.78. The molecule has 0 saturated carbocycles. The standard InChI is InChI=1S/C11H20O2S/c1-5-10(12)13-11(6-2,7-3)9-14-8-4/h5-6,12H,2,7-9H2,1,3-4H3/b10-5+. The molecule has 2 nitrogen and oxygen atoms in total. The zero-order valence-corrected chi connectivity index (χ0v) is 10.1. The van der Waals surface area contributed by atoms with E-state index in [2.05, 4.69) is 13.5 Å². The van der Waals surface area contributed by atoms with Crippen LogP contribution in [0.2, 0.25) is 0 Å². The van der Waals surface area contributed by atoms with Crippen molar-refractivity contribution < 1.29 is 9.84 Å². The van der Waals surface area contributed by atoms with Crippen molar-refractivity contribution in [2.45, 2.75) is 32.8 Å². The first-order chi connectivity index (χ1) is 6.64. The molecule has 1 N–H and O–H groups in total. The second-order valence-corrected chi connectivity index (χ2v) is 4.26. The van der Waals surface area contributed by atoms with Gasteiger partial charge in [-0.1, -0.05) is 20.4 Å². The first-order valence-electron chi connectivity index (χ1n) is 4.89. The van der Waals surface area contributed by atoms with Gasteiger partial charge in [-0.15, -0.1) is 0 Å². The van der Waals surface area contributed by atoms with Gasteiger partial charge in [-0.05, 0) is 31.2 Å². The van der Waals surface area contributed by atoms with E-state index in [4.69, 9.17) is 4.74 Å². The first kappa shape index (κ1) is 13.4. The molecule has 0 radical (unpaired) electrons. The largest absolute Gasteiger partial charge is 0.481 e. The van der Waals surface area contributed by atoms with Gasteiger partial charge < -0.3 is 9.84 Å². The third kappa shape index (κ3) is 4.09. The van der Waals surface area contributed by atoms with E-state index >= 15 is 0 Å². The predicted molar refractivity (Wildman–Crippen MR) is 63.7 cm³/mol. The van der Waals surface area contributed by atoms with E-state index in [1.165, 1.54) is 0 Å². The van der Waals surface area contributed by atoms with E-state index in [1.807, 2.05) is 6.92 Å². The summed E-state index contributed by atoms with van der Waals surface area (Å²) in [6.07, 6.45) is 4.13. The normalized spacial score (nSPS) is 16.1. The summed E-state index contributed by atoms with van der Waals surface area (Å²) in [5.74, 6) is 1.83. The molecule has 0 aromatic rings. The Morgan fingerprint density at radius 3 is 2.57 bits per heavy atom. The molecular formula is C11H20O2S. The number of ether oxygens (including phenoxy) is 1. The van der Waals surface area contributed by atoms with Crippen molar-refractivity contribution in [2.75, 3.05) is 11.5 Å². The molecule has 0 spiro atoms. The van der Waals surface area contributed by atoms with Crippen molar-refractivity contribution >= 4 is 11.8 Å².